The van der Waals surface area contributed by atoms with Crippen LogP contribution in [0.25, 0.3) is 0 Å². The molecule has 0 fully saturated rings. The van der Waals surface area contributed by atoms with E-state index in [2.05, 4.69) is 0 Å². The highest BCUT2D eigenvalue weighted by molar-refractivity contribution is 5.63. The van der Waals surface area contributed by atoms with Crippen LogP contribution in [0.1, 0.15) is 57.0 Å². The lowest BCUT2D eigenvalue weighted by molar-refractivity contribution is -0.107. The van der Waals surface area contributed by atoms with Crippen LogP contribution in [0.4, 0.5) is 0 Å². The van der Waals surface area contributed by atoms with E-state index >= 15 is 0 Å². The van der Waals surface area contributed by atoms with Crippen molar-refractivity contribution < 1.29 is 44.2 Å². The molecule has 0 unspecified atom stereocenters. The van der Waals surface area contributed by atoms with Gasteiger partial charge in [0.1, 0.15) is 23.5 Å². The molecule has 4 N–H and O–H groups in total. The van der Waals surface area contributed by atoms with Crippen molar-refractivity contribution in [1.29, 1.82) is 0 Å². The Morgan fingerprint density at radius 2 is 0.900 bits per heavy atom. The fourth-order valence-electron chi connectivity index (χ4n) is 5.07. The number of methoxy groups -OCH3 is 4. The maximum atomic E-state index is 11.5. The van der Waals surface area contributed by atoms with Crippen LogP contribution in [-0.4, -0.2) is 55.2 Å². The minimum Gasteiger partial charge on any atom is -0.507 e. The van der Waals surface area contributed by atoms with E-state index in [-0.39, 0.29) is 55.7 Å². The predicted molar refractivity (Wildman–Crippen MR) is 148 cm³/mol. The van der Waals surface area contributed by atoms with Crippen molar-refractivity contribution in [2.75, 3.05) is 28.4 Å². The lowest BCUT2D eigenvalue weighted by Crippen LogP contribution is -2.27. The van der Waals surface area contributed by atoms with Gasteiger partial charge in [-0.3, -0.25) is 0 Å². The summed E-state index contributed by atoms with van der Waals surface area (Å²) in [6.07, 6.45) is 0.640. The Morgan fingerprint density at radius 3 is 1.20 bits per heavy atom. The van der Waals surface area contributed by atoms with Gasteiger partial charge in [-0.15, -0.1) is 0 Å². The third-order valence-electron chi connectivity index (χ3n) is 7.21. The predicted octanol–water partition coefficient (Wildman–Crippen LogP) is 3.98. The molecule has 40 heavy (non-hydrogen) atoms. The monoisotopic (exact) mass is 554 g/mol. The molecule has 3 aromatic carbocycles. The van der Waals surface area contributed by atoms with Crippen LogP contribution in [0.15, 0.2) is 36.4 Å². The minimum absolute atomic E-state index is 0.0540. The van der Waals surface area contributed by atoms with Crippen molar-refractivity contribution in [2.45, 2.75) is 51.8 Å². The van der Waals surface area contributed by atoms with Gasteiger partial charge in [0.15, 0.2) is 0 Å². The van der Waals surface area contributed by atoms with Crippen LogP contribution in [-0.2, 0) is 68.6 Å². The molecule has 0 amide bonds. The maximum absolute atomic E-state index is 11.5. The summed E-state index contributed by atoms with van der Waals surface area (Å²) in [5.74, 6) is -0.0227. The molecular formula is C31H38O9. The minimum atomic E-state index is -0.993. The highest BCUT2D eigenvalue weighted by atomic mass is 16.5. The number of rotatable bonds is 14. The zero-order chi connectivity index (χ0) is 29.4. The summed E-state index contributed by atoms with van der Waals surface area (Å²) < 4.78 is 21.5. The van der Waals surface area contributed by atoms with Crippen molar-refractivity contribution in [1.82, 2.24) is 0 Å². The molecule has 9 heteroatoms. The third kappa shape index (κ3) is 6.14. The Kier molecular flexibility index (Phi) is 10.7. The first-order valence-electron chi connectivity index (χ1n) is 12.8. The fraction of sp³-hybridized carbons (Fsp3) is 0.387. The van der Waals surface area contributed by atoms with E-state index in [1.165, 1.54) is 28.4 Å². The Hall–Kier alpha value is -3.47. The van der Waals surface area contributed by atoms with E-state index in [0.29, 0.717) is 39.7 Å². The summed E-state index contributed by atoms with van der Waals surface area (Å²) in [5.41, 5.74) is 3.96. The number of phenols is 3. The Morgan fingerprint density at radius 1 is 0.600 bits per heavy atom. The van der Waals surface area contributed by atoms with Gasteiger partial charge in [-0.2, -0.15) is 0 Å². The second kappa shape index (κ2) is 13.7. The molecule has 0 saturated heterocycles. The Labute approximate surface area is 234 Å². The summed E-state index contributed by atoms with van der Waals surface area (Å²) in [4.78, 5) is 11.5. The first kappa shape index (κ1) is 31.1. The Balaban J connectivity index is 2.50. The molecule has 0 aliphatic heterocycles. The highest BCUT2D eigenvalue weighted by Gasteiger charge is 2.35. The standard InChI is InChI=1S/C31H38O9/c1-31(25-8-19(6-7-32)28(34)20(9-25)14-33,26-10-21(15-37-2)29(35)22(11-26)16-38-3)27-12-23(17-39-4)30(36)24(13-27)18-40-5/h7-13,33-36H,6,14-18H2,1-5H3. The molecule has 9 nitrogen and oxygen atoms in total. The molecular weight excluding hydrogens is 516 g/mol. The van der Waals surface area contributed by atoms with E-state index < -0.39 is 12.0 Å². The fourth-order valence-corrected chi connectivity index (χ4v) is 5.07. The normalized spacial score (nSPS) is 11.7. The molecule has 3 aromatic rings. The zero-order valence-corrected chi connectivity index (χ0v) is 23.6. The number of aliphatic hydroxyl groups is 1. The first-order valence-corrected chi connectivity index (χ1v) is 12.8. The second-order valence-electron chi connectivity index (χ2n) is 9.82. The van der Waals surface area contributed by atoms with Crippen LogP contribution in [0.3, 0.4) is 0 Å². The number of hydrogen-bond donors (Lipinski definition) is 4. The number of phenolic OH excluding ortho intramolecular Hbond substituents is 2. The number of carbonyl (C=O) groups is 1. The number of carbonyl (C=O) groups excluding carboxylic acids is 1. The SMILES string of the molecule is COCc1cc(C(C)(c2cc(CO)c(O)c(CC=O)c2)c2cc(COC)c(O)c(COC)c2)cc(COC)c1O. The van der Waals surface area contributed by atoms with Crippen LogP contribution >= 0.6 is 0 Å². The average Bonchev–Trinajstić information content (AvgIpc) is 2.94. The summed E-state index contributed by atoms with van der Waals surface area (Å²) in [7, 11) is 6.14. The highest BCUT2D eigenvalue weighted by Crippen LogP contribution is 2.45. The molecule has 0 aromatic heterocycles. The summed E-state index contributed by atoms with van der Waals surface area (Å²) in [6, 6.07) is 10.8. The molecule has 0 aliphatic rings. The van der Waals surface area contributed by atoms with E-state index in [1.54, 1.807) is 12.1 Å². The molecule has 0 radical (unpaired) electrons. The number of ether oxygens (including phenoxy) is 4. The molecule has 0 spiro atoms. The zero-order valence-electron chi connectivity index (χ0n) is 23.6. The second-order valence-corrected chi connectivity index (χ2v) is 9.82. The molecule has 0 aliphatic carbocycles. The molecule has 3 rings (SSSR count). The number of aromatic hydroxyl groups is 3. The van der Waals surface area contributed by atoms with E-state index in [1.807, 2.05) is 31.2 Å². The number of hydrogen-bond acceptors (Lipinski definition) is 9. The van der Waals surface area contributed by atoms with Gasteiger partial charge >= 0.3 is 0 Å². The molecule has 0 bridgehead atoms. The van der Waals surface area contributed by atoms with E-state index in [9.17, 15) is 25.2 Å². The van der Waals surface area contributed by atoms with Crippen LogP contribution in [0.2, 0.25) is 0 Å². The molecule has 0 atom stereocenters. The van der Waals surface area contributed by atoms with Gasteiger partial charge in [0.25, 0.3) is 0 Å². The quantitative estimate of drug-likeness (QED) is 0.172. The van der Waals surface area contributed by atoms with Gasteiger partial charge in [0, 0.05) is 73.7 Å². The lowest BCUT2D eigenvalue weighted by atomic mass is 9.69. The number of aliphatic hydroxyl groups excluding tert-OH is 1. The molecule has 0 saturated carbocycles. The van der Waals surface area contributed by atoms with Gasteiger partial charge in [-0.25, -0.2) is 0 Å². The summed E-state index contributed by atoms with van der Waals surface area (Å²) >= 11 is 0. The third-order valence-corrected chi connectivity index (χ3v) is 7.21. The topological polar surface area (TPSA) is 135 Å². The smallest absolute Gasteiger partial charge is 0.126 e. The Bertz CT molecular complexity index is 1210. The van der Waals surface area contributed by atoms with Gasteiger partial charge < -0.3 is 44.2 Å². The first-order chi connectivity index (χ1) is 19.2. The van der Waals surface area contributed by atoms with Gasteiger partial charge in [-0.1, -0.05) is 6.07 Å². The van der Waals surface area contributed by atoms with E-state index in [0.717, 1.165) is 11.1 Å². The van der Waals surface area contributed by atoms with Crippen molar-refractivity contribution >= 4 is 6.29 Å². The largest absolute Gasteiger partial charge is 0.507 e. The lowest BCUT2D eigenvalue weighted by Gasteiger charge is -2.35. The van der Waals surface area contributed by atoms with Gasteiger partial charge in [0.05, 0.1) is 33.0 Å². The van der Waals surface area contributed by atoms with Crippen molar-refractivity contribution in [3.05, 3.63) is 86.5 Å². The van der Waals surface area contributed by atoms with Crippen molar-refractivity contribution in [3.8, 4) is 17.2 Å². The van der Waals surface area contributed by atoms with Gasteiger partial charge in [0.2, 0.25) is 0 Å². The van der Waals surface area contributed by atoms with Gasteiger partial charge in [-0.05, 0) is 53.9 Å². The molecule has 216 valence electrons. The van der Waals surface area contributed by atoms with Crippen LogP contribution in [0.5, 0.6) is 17.2 Å². The van der Waals surface area contributed by atoms with Crippen molar-refractivity contribution in [2.24, 2.45) is 0 Å². The molecule has 0 heterocycles. The summed E-state index contributed by atoms with van der Waals surface area (Å²) in [6.45, 7) is 2.07. The number of benzene rings is 3. The summed E-state index contributed by atoms with van der Waals surface area (Å²) in [5, 5.41) is 42.7. The van der Waals surface area contributed by atoms with E-state index in [4.69, 9.17) is 18.9 Å². The van der Waals surface area contributed by atoms with Crippen molar-refractivity contribution in [3.63, 3.8) is 0 Å². The average molecular weight is 555 g/mol. The van der Waals surface area contributed by atoms with Crippen LogP contribution in [0, 0.1) is 0 Å². The maximum Gasteiger partial charge on any atom is 0.126 e. The van der Waals surface area contributed by atoms with Crippen LogP contribution < -0.4 is 0 Å². The number of aldehydes is 1.